The minimum Gasteiger partial charge on any atom is -0.445 e. The van der Waals surface area contributed by atoms with E-state index in [1.165, 1.54) is 9.81 Å². The first-order chi connectivity index (χ1) is 25.9. The summed E-state index contributed by atoms with van der Waals surface area (Å²) in [6.07, 6.45) is -0.668. The fourth-order valence-corrected chi connectivity index (χ4v) is 5.46. The number of likely N-dealkylation sites (tertiary alicyclic amines) is 2. The molecule has 0 radical (unpaired) electrons. The number of nitrogens with zero attached hydrogens (tertiary/aromatic N) is 8. The Morgan fingerprint density at radius 2 is 1.11 bits per heavy atom. The van der Waals surface area contributed by atoms with Gasteiger partial charge in [0.1, 0.15) is 24.4 Å². The fourth-order valence-electron chi connectivity index (χ4n) is 5.46. The van der Waals surface area contributed by atoms with E-state index < -0.39 is 41.6 Å². The number of ether oxygens (including phenoxy) is 4. The van der Waals surface area contributed by atoms with Gasteiger partial charge in [-0.3, -0.25) is 4.91 Å². The first-order valence-corrected chi connectivity index (χ1v) is 17.9. The molecule has 4 atom stereocenters. The molecule has 0 aliphatic carbocycles. The van der Waals surface area contributed by atoms with Crippen LogP contribution in [0.1, 0.15) is 79.9 Å². The maximum absolute atomic E-state index is 12.2. The first kappa shape index (κ1) is 52.1. The van der Waals surface area contributed by atoms with E-state index in [4.69, 9.17) is 35.5 Å². The van der Waals surface area contributed by atoms with Crippen molar-refractivity contribution in [1.29, 1.82) is 0 Å². The number of benzene rings is 2. The number of amides is 4. The molecule has 0 unspecified atom stereocenters. The fraction of sp³-hybridized carbons (Fsp3) is 0.579. The summed E-state index contributed by atoms with van der Waals surface area (Å²) in [6.45, 7) is 15.0. The van der Waals surface area contributed by atoms with E-state index in [1.54, 1.807) is 25.7 Å². The Balaban J connectivity index is 0.000000998. The number of rotatable bonds is 7. The summed E-state index contributed by atoms with van der Waals surface area (Å²) in [5.41, 5.74) is 23.0. The van der Waals surface area contributed by atoms with Crippen molar-refractivity contribution in [2.45, 2.75) is 111 Å². The SMILES string of the molecule is C.CC(C)(C)OC(=O)N1CC[C@@H](NC(=O)OCc2ccccc2)[C@@H](N=[N+]=[N-])C1.C[C@@H]1CN(C(=O)OC(C)(C)C)CC[C@H]1NC(=O)OCc1ccccc1.[N-]=[N+]=[N-].[Na+]. The molecular formula is C38H57N10NaO8. The maximum Gasteiger partial charge on any atom is 1.00 e. The van der Waals surface area contributed by atoms with Gasteiger partial charge in [0, 0.05) is 43.2 Å². The molecule has 2 N–H and O–H groups in total. The second-order valence-electron chi connectivity index (χ2n) is 14.9. The number of carbonyl (C=O) groups excluding carboxylic acids is 4. The van der Waals surface area contributed by atoms with Crippen LogP contribution >= 0.6 is 0 Å². The molecule has 57 heavy (non-hydrogen) atoms. The molecule has 0 spiro atoms. The van der Waals surface area contributed by atoms with E-state index in [-0.39, 0.29) is 74.8 Å². The Hall–Kier alpha value is -4.86. The molecule has 2 aromatic carbocycles. The van der Waals surface area contributed by atoms with Crippen LogP contribution in [-0.2, 0) is 32.2 Å². The molecule has 0 bridgehead atoms. The van der Waals surface area contributed by atoms with Crippen molar-refractivity contribution in [3.63, 3.8) is 0 Å². The van der Waals surface area contributed by atoms with E-state index in [9.17, 15) is 19.2 Å². The van der Waals surface area contributed by atoms with E-state index in [2.05, 4.69) is 20.7 Å². The van der Waals surface area contributed by atoms with Crippen LogP contribution < -0.4 is 40.2 Å². The zero-order valence-electron chi connectivity index (χ0n) is 33.6. The number of nitrogens with one attached hydrogen (secondary N) is 2. The van der Waals surface area contributed by atoms with Crippen LogP contribution in [0.4, 0.5) is 19.2 Å². The minimum absolute atomic E-state index is 0. The maximum atomic E-state index is 12.2. The van der Waals surface area contributed by atoms with Gasteiger partial charge in [0.15, 0.2) is 0 Å². The van der Waals surface area contributed by atoms with E-state index >= 15 is 0 Å². The molecule has 0 saturated carbocycles. The Kier molecular flexibility index (Phi) is 23.9. The van der Waals surface area contributed by atoms with Gasteiger partial charge in [-0.1, -0.05) is 80.1 Å². The van der Waals surface area contributed by atoms with Crippen molar-refractivity contribution in [2.24, 2.45) is 11.0 Å². The molecule has 2 aliphatic heterocycles. The second kappa shape index (κ2) is 26.1. The monoisotopic (exact) mass is 804 g/mol. The largest absolute Gasteiger partial charge is 1.00 e. The number of piperidine rings is 2. The Labute approximate surface area is 357 Å². The van der Waals surface area contributed by atoms with Crippen LogP contribution in [0.15, 0.2) is 65.8 Å². The standard InChI is InChI=1S/C19H28N2O4.C18H25N5O4.CH4.N3.Na/c1-14-12-21(18(23)25-19(2,3)4)11-10-16(14)20-17(22)24-13-15-8-6-5-7-9-15;1-18(2,3)27-17(25)23-10-9-14(15(11-23)21-22-19)20-16(24)26-12-13-7-5-4-6-8-13;;1-3-2;/h5-9,14,16H,10-13H2,1-4H3,(H,20,22);4-8,14-15H,9-12H2,1-3H3,(H,20,24);1H4;;/q;;;-1;+1/t14-,16-;14-,15+;;;/m11.../s1. The van der Waals surface area contributed by atoms with Crippen molar-refractivity contribution in [2.75, 3.05) is 26.2 Å². The number of azide groups is 1. The molecule has 2 fully saturated rings. The van der Waals surface area contributed by atoms with Gasteiger partial charge in [-0.2, -0.15) is 0 Å². The summed E-state index contributed by atoms with van der Waals surface area (Å²) in [5, 5.41) is 9.36. The number of hydrogen-bond donors (Lipinski definition) is 2. The molecule has 2 saturated heterocycles. The molecule has 19 heteroatoms. The predicted octanol–water partition coefficient (Wildman–Crippen LogP) is 5.67. The van der Waals surface area contributed by atoms with Crippen molar-refractivity contribution < 1.29 is 67.7 Å². The molecule has 2 aromatic rings. The van der Waals surface area contributed by atoms with Crippen LogP contribution in [0.3, 0.4) is 0 Å². The number of carbonyl (C=O) groups is 4. The van der Waals surface area contributed by atoms with Crippen LogP contribution in [0.5, 0.6) is 0 Å². The smallest absolute Gasteiger partial charge is 0.445 e. The van der Waals surface area contributed by atoms with Crippen molar-refractivity contribution in [1.82, 2.24) is 20.4 Å². The van der Waals surface area contributed by atoms with E-state index in [1.807, 2.05) is 88.4 Å². The zero-order valence-corrected chi connectivity index (χ0v) is 35.6. The van der Waals surface area contributed by atoms with Gasteiger partial charge in [0.2, 0.25) is 0 Å². The van der Waals surface area contributed by atoms with Gasteiger partial charge < -0.3 is 50.4 Å². The molecule has 2 heterocycles. The van der Waals surface area contributed by atoms with E-state index in [0.29, 0.717) is 32.5 Å². The van der Waals surface area contributed by atoms with Gasteiger partial charge in [-0.05, 0) is 77.0 Å². The van der Waals surface area contributed by atoms with Crippen LogP contribution in [-0.4, -0.2) is 89.7 Å². The summed E-state index contributed by atoms with van der Waals surface area (Å²) in [7, 11) is 0. The number of hydrogen-bond acceptors (Lipinski definition) is 9. The Bertz CT molecular complexity index is 1610. The minimum atomic E-state index is -0.610. The van der Waals surface area contributed by atoms with Crippen molar-refractivity contribution in [3.05, 3.63) is 98.2 Å². The van der Waals surface area contributed by atoms with Crippen LogP contribution in [0.25, 0.3) is 26.4 Å². The average molecular weight is 805 g/mol. The molecule has 18 nitrogen and oxygen atoms in total. The third kappa shape index (κ3) is 21.3. The van der Waals surface area contributed by atoms with Gasteiger partial charge >= 0.3 is 53.9 Å². The third-order valence-corrected chi connectivity index (χ3v) is 8.02. The quantitative estimate of drug-likeness (QED) is 0.116. The second-order valence-corrected chi connectivity index (χ2v) is 14.9. The number of alkyl carbamates (subject to hydrolysis) is 2. The van der Waals surface area contributed by atoms with Gasteiger partial charge in [0.05, 0.1) is 6.04 Å². The summed E-state index contributed by atoms with van der Waals surface area (Å²) in [4.78, 5) is 55.9. The molecule has 2 aliphatic rings. The zero-order chi connectivity index (χ0) is 41.0. The van der Waals surface area contributed by atoms with E-state index in [0.717, 1.165) is 11.1 Å². The first-order valence-electron chi connectivity index (χ1n) is 17.9. The molecule has 4 amide bonds. The molecular weight excluding hydrogens is 747 g/mol. The summed E-state index contributed by atoms with van der Waals surface area (Å²) in [6, 6.07) is 17.9. The molecule has 0 aromatic heterocycles. The Morgan fingerprint density at radius 1 is 0.719 bits per heavy atom. The van der Waals surface area contributed by atoms with Gasteiger partial charge in [-0.15, -0.1) is 0 Å². The predicted molar refractivity (Wildman–Crippen MR) is 211 cm³/mol. The summed E-state index contributed by atoms with van der Waals surface area (Å²) in [5.74, 6) is 0.130. The summed E-state index contributed by atoms with van der Waals surface area (Å²) >= 11 is 0. The van der Waals surface area contributed by atoms with Gasteiger partial charge in [-0.25, -0.2) is 19.2 Å². The normalized spacial score (nSPS) is 18.5. The molecule has 4 rings (SSSR count). The van der Waals surface area contributed by atoms with Crippen molar-refractivity contribution in [3.8, 4) is 0 Å². The van der Waals surface area contributed by atoms with Crippen LogP contribution in [0, 0.1) is 5.92 Å². The topological polar surface area (TPSA) is 243 Å². The summed E-state index contributed by atoms with van der Waals surface area (Å²) < 4.78 is 21.2. The molecule has 308 valence electrons. The van der Waals surface area contributed by atoms with Crippen LogP contribution in [0.2, 0.25) is 0 Å². The third-order valence-electron chi connectivity index (χ3n) is 8.02. The Morgan fingerprint density at radius 3 is 1.49 bits per heavy atom. The van der Waals surface area contributed by atoms with Gasteiger partial charge in [0.25, 0.3) is 0 Å². The van der Waals surface area contributed by atoms with Crippen molar-refractivity contribution >= 4 is 24.4 Å². The average Bonchev–Trinajstić information content (AvgIpc) is 3.11.